The number of nitrogens with zero attached hydrogens (tertiary/aromatic N) is 4. The number of para-hydroxylation sites is 1. The van der Waals surface area contributed by atoms with Crippen LogP contribution in [-0.2, 0) is 6.54 Å². The zero-order chi connectivity index (χ0) is 16.1. The molecule has 1 fully saturated rings. The third-order valence-electron chi connectivity index (χ3n) is 3.74. The van der Waals surface area contributed by atoms with Crippen molar-refractivity contribution < 1.29 is 0 Å². The van der Waals surface area contributed by atoms with E-state index in [-0.39, 0.29) is 24.0 Å². The topological polar surface area (TPSA) is 79.4 Å². The van der Waals surface area contributed by atoms with Crippen molar-refractivity contribution in [3.8, 4) is 0 Å². The van der Waals surface area contributed by atoms with Gasteiger partial charge in [-0.15, -0.1) is 24.0 Å². The summed E-state index contributed by atoms with van der Waals surface area (Å²) in [5, 5.41) is 3.07. The standard InChI is InChI=1S/C17H22N6.HI/c1-13-11-15(22-17(20-13)23-9-5-6-10-23)12-19-16(18)21-14-7-3-2-4-8-14;/h2-4,7-8,11H,5-6,9-10,12H2,1H3,(H3,18,19,21);1H. The largest absolute Gasteiger partial charge is 0.370 e. The first-order valence-electron chi connectivity index (χ1n) is 7.92. The molecule has 1 aromatic heterocycles. The van der Waals surface area contributed by atoms with Gasteiger partial charge in [-0.2, -0.15) is 0 Å². The van der Waals surface area contributed by atoms with E-state index in [1.165, 1.54) is 12.8 Å². The van der Waals surface area contributed by atoms with Crippen LogP contribution in [0.1, 0.15) is 24.2 Å². The van der Waals surface area contributed by atoms with Crippen molar-refractivity contribution >= 4 is 41.6 Å². The lowest BCUT2D eigenvalue weighted by Crippen LogP contribution is -2.23. The maximum absolute atomic E-state index is 5.94. The van der Waals surface area contributed by atoms with E-state index < -0.39 is 0 Å². The first-order valence-corrected chi connectivity index (χ1v) is 7.92. The molecule has 1 aliphatic heterocycles. The minimum absolute atomic E-state index is 0. The Morgan fingerprint density at radius 1 is 1.21 bits per heavy atom. The molecule has 0 bridgehead atoms. The molecule has 0 aliphatic carbocycles. The Morgan fingerprint density at radius 3 is 2.62 bits per heavy atom. The quantitative estimate of drug-likeness (QED) is 0.436. The van der Waals surface area contributed by atoms with Crippen LogP contribution in [0.25, 0.3) is 0 Å². The fourth-order valence-electron chi connectivity index (χ4n) is 2.63. The number of aromatic nitrogens is 2. The number of hydrogen-bond donors (Lipinski definition) is 2. The molecular weight excluding hydrogens is 415 g/mol. The average Bonchev–Trinajstić information content (AvgIpc) is 3.08. The molecular formula is C17H23IN6. The molecule has 2 heterocycles. The fraction of sp³-hybridized carbons (Fsp3) is 0.353. The molecule has 2 aromatic rings. The molecule has 7 heteroatoms. The Bertz CT molecular complexity index is 683. The first-order chi connectivity index (χ1) is 11.2. The van der Waals surface area contributed by atoms with Crippen molar-refractivity contribution in [1.29, 1.82) is 0 Å². The van der Waals surface area contributed by atoms with Gasteiger partial charge in [-0.1, -0.05) is 18.2 Å². The predicted molar refractivity (Wildman–Crippen MR) is 109 cm³/mol. The second-order valence-corrected chi connectivity index (χ2v) is 5.69. The fourth-order valence-corrected chi connectivity index (χ4v) is 2.63. The number of hydrogen-bond acceptors (Lipinski definition) is 4. The summed E-state index contributed by atoms with van der Waals surface area (Å²) in [5.74, 6) is 1.19. The van der Waals surface area contributed by atoms with Gasteiger partial charge in [0.25, 0.3) is 0 Å². The van der Waals surface area contributed by atoms with Gasteiger partial charge in [-0.05, 0) is 38.0 Å². The van der Waals surface area contributed by atoms with Crippen molar-refractivity contribution in [2.24, 2.45) is 10.7 Å². The summed E-state index contributed by atoms with van der Waals surface area (Å²) in [7, 11) is 0. The highest BCUT2D eigenvalue weighted by Crippen LogP contribution is 2.17. The molecule has 0 radical (unpaired) electrons. The van der Waals surface area contributed by atoms with E-state index in [9.17, 15) is 0 Å². The summed E-state index contributed by atoms with van der Waals surface area (Å²) in [6.45, 7) is 4.49. The Kier molecular flexibility index (Phi) is 6.77. The Hall–Kier alpha value is -1.90. The third-order valence-corrected chi connectivity index (χ3v) is 3.74. The minimum atomic E-state index is 0. The number of anilines is 2. The van der Waals surface area contributed by atoms with E-state index in [4.69, 9.17) is 5.73 Å². The number of aryl methyl sites for hydroxylation is 1. The summed E-state index contributed by atoms with van der Waals surface area (Å²) in [4.78, 5) is 15.8. The van der Waals surface area contributed by atoms with Crippen LogP contribution in [0, 0.1) is 6.92 Å². The summed E-state index contributed by atoms with van der Waals surface area (Å²) in [5.41, 5.74) is 8.70. The molecule has 128 valence electrons. The lowest BCUT2D eigenvalue weighted by atomic mass is 10.3. The van der Waals surface area contributed by atoms with Crippen LogP contribution >= 0.6 is 24.0 Å². The second-order valence-electron chi connectivity index (χ2n) is 5.69. The smallest absolute Gasteiger partial charge is 0.225 e. The number of nitrogens with one attached hydrogen (secondary N) is 1. The molecule has 1 aromatic carbocycles. The van der Waals surface area contributed by atoms with Gasteiger partial charge in [-0.3, -0.25) is 0 Å². The first kappa shape index (κ1) is 18.4. The molecule has 0 saturated carbocycles. The van der Waals surface area contributed by atoms with Crippen LogP contribution in [-0.4, -0.2) is 29.0 Å². The van der Waals surface area contributed by atoms with Gasteiger partial charge in [0, 0.05) is 24.5 Å². The van der Waals surface area contributed by atoms with Gasteiger partial charge in [0.2, 0.25) is 5.95 Å². The normalized spacial score (nSPS) is 14.4. The molecule has 0 atom stereocenters. The molecule has 0 amide bonds. The lowest BCUT2D eigenvalue weighted by molar-refractivity contribution is 0.857. The monoisotopic (exact) mass is 438 g/mol. The maximum atomic E-state index is 5.94. The Morgan fingerprint density at radius 2 is 1.92 bits per heavy atom. The second kappa shape index (κ2) is 8.81. The summed E-state index contributed by atoms with van der Waals surface area (Å²) in [6.07, 6.45) is 2.41. The molecule has 0 unspecified atom stereocenters. The summed E-state index contributed by atoms with van der Waals surface area (Å²) < 4.78 is 0. The lowest BCUT2D eigenvalue weighted by Gasteiger charge is -2.16. The zero-order valence-corrected chi connectivity index (χ0v) is 16.1. The number of nitrogens with two attached hydrogens (primary N) is 1. The van der Waals surface area contributed by atoms with E-state index in [1.807, 2.05) is 43.3 Å². The molecule has 0 spiro atoms. The van der Waals surface area contributed by atoms with Crippen molar-refractivity contribution in [2.45, 2.75) is 26.3 Å². The highest BCUT2D eigenvalue weighted by molar-refractivity contribution is 14.0. The van der Waals surface area contributed by atoms with Crippen molar-refractivity contribution in [1.82, 2.24) is 9.97 Å². The molecule has 1 saturated heterocycles. The average molecular weight is 438 g/mol. The highest BCUT2D eigenvalue weighted by atomic mass is 127. The van der Waals surface area contributed by atoms with Crippen LogP contribution in [0.15, 0.2) is 41.4 Å². The van der Waals surface area contributed by atoms with Gasteiger partial charge in [0.15, 0.2) is 5.96 Å². The molecule has 1 aliphatic rings. The maximum Gasteiger partial charge on any atom is 0.225 e. The van der Waals surface area contributed by atoms with Gasteiger partial charge in [0.05, 0.1) is 12.2 Å². The van der Waals surface area contributed by atoms with E-state index in [1.54, 1.807) is 0 Å². The molecule has 6 nitrogen and oxygen atoms in total. The predicted octanol–water partition coefficient (Wildman–Crippen LogP) is 2.93. The van der Waals surface area contributed by atoms with Gasteiger partial charge >= 0.3 is 0 Å². The minimum Gasteiger partial charge on any atom is -0.370 e. The van der Waals surface area contributed by atoms with E-state index in [0.717, 1.165) is 36.1 Å². The molecule has 3 N–H and O–H groups in total. The Labute approximate surface area is 159 Å². The van der Waals surface area contributed by atoms with Gasteiger partial charge < -0.3 is 16.0 Å². The molecule has 3 rings (SSSR count). The number of rotatable bonds is 4. The Balaban J connectivity index is 0.00000208. The van der Waals surface area contributed by atoms with Crippen LogP contribution in [0.4, 0.5) is 11.6 Å². The number of aliphatic imine (C=N–C) groups is 1. The summed E-state index contributed by atoms with van der Waals surface area (Å²) in [6, 6.07) is 11.7. The van der Waals surface area contributed by atoms with Crippen LogP contribution in [0.3, 0.4) is 0 Å². The van der Waals surface area contributed by atoms with E-state index >= 15 is 0 Å². The van der Waals surface area contributed by atoms with Gasteiger partial charge in [0.1, 0.15) is 0 Å². The van der Waals surface area contributed by atoms with Crippen LogP contribution in [0.2, 0.25) is 0 Å². The van der Waals surface area contributed by atoms with Crippen LogP contribution in [0.5, 0.6) is 0 Å². The van der Waals surface area contributed by atoms with Crippen molar-refractivity contribution in [3.05, 3.63) is 47.8 Å². The highest BCUT2D eigenvalue weighted by Gasteiger charge is 2.15. The third kappa shape index (κ3) is 5.05. The zero-order valence-electron chi connectivity index (χ0n) is 13.8. The van der Waals surface area contributed by atoms with Crippen LogP contribution < -0.4 is 16.0 Å². The number of guanidine groups is 1. The summed E-state index contributed by atoms with van der Waals surface area (Å²) >= 11 is 0. The SMILES string of the molecule is Cc1cc(CN=C(N)Nc2ccccc2)nc(N2CCCC2)n1.I. The number of benzene rings is 1. The van der Waals surface area contributed by atoms with Crippen molar-refractivity contribution in [2.75, 3.05) is 23.3 Å². The van der Waals surface area contributed by atoms with E-state index in [0.29, 0.717) is 12.5 Å². The van der Waals surface area contributed by atoms with Crippen molar-refractivity contribution in [3.63, 3.8) is 0 Å². The molecule has 24 heavy (non-hydrogen) atoms. The van der Waals surface area contributed by atoms with E-state index in [2.05, 4.69) is 25.2 Å². The van der Waals surface area contributed by atoms with Gasteiger partial charge in [-0.25, -0.2) is 15.0 Å². The number of halogens is 1.